The summed E-state index contributed by atoms with van der Waals surface area (Å²) in [6.07, 6.45) is 6.37. The van der Waals surface area contributed by atoms with E-state index >= 15 is 0 Å². The topological polar surface area (TPSA) is 15.3 Å². The van der Waals surface area contributed by atoms with Gasteiger partial charge in [0.1, 0.15) is 0 Å². The molecule has 0 amide bonds. The van der Waals surface area contributed by atoms with Crippen LogP contribution in [0.5, 0.6) is 0 Å². The van der Waals surface area contributed by atoms with E-state index in [1.54, 1.807) is 0 Å². The number of hydrogen-bond acceptors (Lipinski definition) is 2. The fraction of sp³-hybridized carbons (Fsp3) is 0.667. The van der Waals surface area contributed by atoms with Crippen LogP contribution >= 0.6 is 0 Å². The Hall–Kier alpha value is -0.860. The molecule has 0 unspecified atom stereocenters. The summed E-state index contributed by atoms with van der Waals surface area (Å²) >= 11 is 0. The Morgan fingerprint density at radius 3 is 2.25 bits per heavy atom. The van der Waals surface area contributed by atoms with E-state index in [0.29, 0.717) is 6.04 Å². The average molecular weight is 274 g/mol. The summed E-state index contributed by atoms with van der Waals surface area (Å²) in [4.78, 5) is 2.48. The highest BCUT2D eigenvalue weighted by molar-refractivity contribution is 5.22. The Labute approximate surface area is 124 Å². The Morgan fingerprint density at radius 1 is 1.10 bits per heavy atom. The third-order valence-corrected chi connectivity index (χ3v) is 4.44. The second-order valence-corrected chi connectivity index (χ2v) is 6.18. The van der Waals surface area contributed by atoms with Crippen molar-refractivity contribution in [3.05, 3.63) is 35.4 Å². The van der Waals surface area contributed by atoms with Crippen molar-refractivity contribution in [3.63, 3.8) is 0 Å². The van der Waals surface area contributed by atoms with Gasteiger partial charge in [0.05, 0.1) is 0 Å². The Kier molecular flexibility index (Phi) is 6.06. The van der Waals surface area contributed by atoms with Gasteiger partial charge < -0.3 is 5.32 Å². The molecule has 1 aromatic rings. The van der Waals surface area contributed by atoms with Gasteiger partial charge in [-0.3, -0.25) is 4.90 Å². The van der Waals surface area contributed by atoms with Crippen LogP contribution in [0.3, 0.4) is 0 Å². The van der Waals surface area contributed by atoms with Crippen LogP contribution in [0, 0.1) is 0 Å². The minimum absolute atomic E-state index is 0.706. The van der Waals surface area contributed by atoms with E-state index in [1.807, 2.05) is 0 Å². The molecule has 1 saturated carbocycles. The van der Waals surface area contributed by atoms with Crippen molar-refractivity contribution in [3.8, 4) is 0 Å². The highest BCUT2D eigenvalue weighted by Crippen LogP contribution is 2.18. The molecule has 1 aliphatic carbocycles. The van der Waals surface area contributed by atoms with Gasteiger partial charge in [0.25, 0.3) is 0 Å². The quantitative estimate of drug-likeness (QED) is 0.740. The minimum Gasteiger partial charge on any atom is -0.314 e. The van der Waals surface area contributed by atoms with Gasteiger partial charge in [-0.05, 0) is 56.8 Å². The van der Waals surface area contributed by atoms with E-state index in [9.17, 15) is 0 Å². The van der Waals surface area contributed by atoms with E-state index in [4.69, 9.17) is 0 Å². The Bertz CT molecular complexity index is 377. The highest BCUT2D eigenvalue weighted by Gasteiger charge is 2.19. The van der Waals surface area contributed by atoms with Gasteiger partial charge in [0.2, 0.25) is 0 Å². The van der Waals surface area contributed by atoms with Crippen LogP contribution in [-0.2, 0) is 13.0 Å². The van der Waals surface area contributed by atoms with Crippen LogP contribution in [0.1, 0.15) is 50.7 Å². The Morgan fingerprint density at radius 2 is 1.70 bits per heavy atom. The molecule has 1 fully saturated rings. The van der Waals surface area contributed by atoms with E-state index in [2.05, 4.69) is 55.4 Å². The summed E-state index contributed by atoms with van der Waals surface area (Å²) in [6, 6.07) is 10.7. The number of rotatable bonds is 9. The van der Waals surface area contributed by atoms with Crippen molar-refractivity contribution in [1.82, 2.24) is 10.2 Å². The van der Waals surface area contributed by atoms with Gasteiger partial charge in [0.15, 0.2) is 0 Å². The zero-order valence-corrected chi connectivity index (χ0v) is 13.4. The van der Waals surface area contributed by atoms with Gasteiger partial charge >= 0.3 is 0 Å². The van der Waals surface area contributed by atoms with Crippen molar-refractivity contribution < 1.29 is 0 Å². The smallest absolute Gasteiger partial charge is 0.0233 e. The molecule has 1 N–H and O–H groups in total. The van der Waals surface area contributed by atoms with Gasteiger partial charge in [-0.2, -0.15) is 0 Å². The Balaban J connectivity index is 1.77. The molecule has 0 saturated heterocycles. The maximum absolute atomic E-state index is 3.57. The number of hydrogen-bond donors (Lipinski definition) is 1. The van der Waals surface area contributed by atoms with Crippen LogP contribution in [0.15, 0.2) is 24.3 Å². The van der Waals surface area contributed by atoms with Crippen LogP contribution in [-0.4, -0.2) is 30.6 Å². The lowest BCUT2D eigenvalue weighted by molar-refractivity contribution is 0.222. The summed E-state index contributed by atoms with van der Waals surface area (Å²) < 4.78 is 0. The summed E-state index contributed by atoms with van der Waals surface area (Å²) in [7, 11) is 2.24. The van der Waals surface area contributed by atoms with Crippen LogP contribution in [0.2, 0.25) is 0 Å². The molecule has 0 atom stereocenters. The standard InChI is InChI=1S/C18H30N2/c1-4-18(5-2)20(3)14-16-8-6-15(7-9-16)12-13-19-17-10-11-17/h6-9,17-19H,4-5,10-14H2,1-3H3. The molecule has 20 heavy (non-hydrogen) atoms. The van der Waals surface area contributed by atoms with Gasteiger partial charge in [-0.15, -0.1) is 0 Å². The molecule has 1 aromatic carbocycles. The molecular formula is C18H30N2. The lowest BCUT2D eigenvalue weighted by Crippen LogP contribution is -2.29. The molecule has 2 heteroatoms. The third-order valence-electron chi connectivity index (χ3n) is 4.44. The lowest BCUT2D eigenvalue weighted by Gasteiger charge is -2.26. The molecule has 0 radical (unpaired) electrons. The summed E-state index contributed by atoms with van der Waals surface area (Å²) in [6.45, 7) is 6.74. The zero-order valence-electron chi connectivity index (χ0n) is 13.4. The SMILES string of the molecule is CCC(CC)N(C)Cc1ccc(CCNC2CC2)cc1. The molecular weight excluding hydrogens is 244 g/mol. The van der Waals surface area contributed by atoms with Crippen molar-refractivity contribution in [2.24, 2.45) is 0 Å². The third kappa shape index (κ3) is 4.92. The van der Waals surface area contributed by atoms with Crippen LogP contribution < -0.4 is 5.32 Å². The molecule has 112 valence electrons. The van der Waals surface area contributed by atoms with Gasteiger partial charge in [-0.25, -0.2) is 0 Å². The zero-order chi connectivity index (χ0) is 14.4. The molecule has 2 nitrogen and oxygen atoms in total. The van der Waals surface area contributed by atoms with Crippen molar-refractivity contribution >= 4 is 0 Å². The van der Waals surface area contributed by atoms with Gasteiger partial charge in [-0.1, -0.05) is 38.1 Å². The second kappa shape index (κ2) is 7.80. The number of nitrogens with zero attached hydrogens (tertiary/aromatic N) is 1. The fourth-order valence-electron chi connectivity index (χ4n) is 2.85. The van der Waals surface area contributed by atoms with Crippen molar-refractivity contribution in [1.29, 1.82) is 0 Å². The summed E-state index contributed by atoms with van der Waals surface area (Å²) in [5, 5.41) is 3.57. The maximum Gasteiger partial charge on any atom is 0.0233 e. The monoisotopic (exact) mass is 274 g/mol. The molecule has 0 aromatic heterocycles. The van der Waals surface area contributed by atoms with Crippen molar-refractivity contribution in [2.75, 3.05) is 13.6 Å². The lowest BCUT2D eigenvalue weighted by atomic mass is 10.1. The van der Waals surface area contributed by atoms with E-state index in [-0.39, 0.29) is 0 Å². The predicted molar refractivity (Wildman–Crippen MR) is 87.0 cm³/mol. The first-order valence-electron chi connectivity index (χ1n) is 8.24. The molecule has 0 spiro atoms. The number of benzene rings is 1. The van der Waals surface area contributed by atoms with Crippen molar-refractivity contribution in [2.45, 2.75) is 64.6 Å². The van der Waals surface area contributed by atoms with E-state index < -0.39 is 0 Å². The van der Waals surface area contributed by atoms with E-state index in [1.165, 1.54) is 36.8 Å². The normalized spacial score (nSPS) is 15.2. The molecule has 0 heterocycles. The first-order valence-corrected chi connectivity index (χ1v) is 8.24. The van der Waals surface area contributed by atoms with Crippen LogP contribution in [0.4, 0.5) is 0 Å². The summed E-state index contributed by atoms with van der Waals surface area (Å²) in [5.74, 6) is 0. The molecule has 0 bridgehead atoms. The van der Waals surface area contributed by atoms with Gasteiger partial charge in [0, 0.05) is 18.6 Å². The van der Waals surface area contributed by atoms with E-state index in [0.717, 1.165) is 25.6 Å². The maximum atomic E-state index is 3.57. The average Bonchev–Trinajstić information content (AvgIpc) is 3.26. The highest BCUT2D eigenvalue weighted by atomic mass is 15.1. The molecule has 2 rings (SSSR count). The predicted octanol–water partition coefficient (Wildman–Crippen LogP) is 3.60. The first kappa shape index (κ1) is 15.5. The minimum atomic E-state index is 0.706. The van der Waals surface area contributed by atoms with Crippen LogP contribution in [0.25, 0.3) is 0 Å². The molecule has 1 aliphatic rings. The fourth-order valence-corrected chi connectivity index (χ4v) is 2.85. The first-order chi connectivity index (χ1) is 9.72. The number of nitrogens with one attached hydrogen (secondary N) is 1. The molecule has 0 aliphatic heterocycles. The largest absolute Gasteiger partial charge is 0.314 e. The second-order valence-electron chi connectivity index (χ2n) is 6.18. The summed E-state index contributed by atoms with van der Waals surface area (Å²) in [5.41, 5.74) is 2.88.